The summed E-state index contributed by atoms with van der Waals surface area (Å²) in [4.78, 5) is 0. The Balaban J connectivity index is 2.43. The molecule has 15 heavy (non-hydrogen) atoms. The molecule has 0 saturated heterocycles. The molecule has 2 nitrogen and oxygen atoms in total. The molecule has 0 aliphatic heterocycles. The summed E-state index contributed by atoms with van der Waals surface area (Å²) in [7, 11) is 1.71. The second-order valence-electron chi connectivity index (χ2n) is 4.63. The lowest BCUT2D eigenvalue weighted by Gasteiger charge is -2.22. The van der Waals surface area contributed by atoms with Crippen LogP contribution in [0.1, 0.15) is 30.9 Å². The molecule has 0 heterocycles. The Morgan fingerprint density at radius 3 is 2.53 bits per heavy atom. The molecule has 0 radical (unpaired) electrons. The highest BCUT2D eigenvalue weighted by molar-refractivity contribution is 5.44. The first-order chi connectivity index (χ1) is 7.10. The largest absolute Gasteiger partial charge is 0.497 e. The van der Waals surface area contributed by atoms with Gasteiger partial charge in [0.2, 0.25) is 0 Å². The minimum Gasteiger partial charge on any atom is -0.497 e. The maximum atomic E-state index is 6.08. The molecule has 2 heteroatoms. The number of ether oxygens (including phenoxy) is 1. The van der Waals surface area contributed by atoms with Gasteiger partial charge in [0.05, 0.1) is 7.11 Å². The van der Waals surface area contributed by atoms with E-state index >= 15 is 0 Å². The molecule has 1 aromatic rings. The quantitative estimate of drug-likeness (QED) is 0.822. The minimum absolute atomic E-state index is 0.221. The van der Waals surface area contributed by atoms with Gasteiger partial charge in [-0.15, -0.1) is 0 Å². The molecule has 2 N–H and O–H groups in total. The molecule has 0 aromatic heterocycles. The van der Waals surface area contributed by atoms with Crippen LogP contribution in [0.4, 0.5) is 0 Å². The predicted octanol–water partition coefficient (Wildman–Crippen LogP) is 2.38. The summed E-state index contributed by atoms with van der Waals surface area (Å²) < 4.78 is 5.27. The number of aryl methyl sites for hydroxylation is 1. The maximum Gasteiger partial charge on any atom is 0.119 e. The second-order valence-corrected chi connectivity index (χ2v) is 4.63. The molecular formula is C13H19NO. The molecule has 0 spiro atoms. The standard InChI is InChI=1S/C13H19NO/c1-9-4-5-11(15-3)8-12(9)13(6-7-13)10(2)14/h4-5,8,10H,6-7,14H2,1-3H3. The van der Waals surface area contributed by atoms with Crippen molar-refractivity contribution in [3.63, 3.8) is 0 Å². The zero-order valence-electron chi connectivity index (χ0n) is 9.71. The monoisotopic (exact) mass is 205 g/mol. The van der Waals surface area contributed by atoms with Gasteiger partial charge in [-0.25, -0.2) is 0 Å². The molecule has 0 amide bonds. The average Bonchev–Trinajstić information content (AvgIpc) is 2.99. The molecule has 1 saturated carbocycles. The molecule has 1 aliphatic carbocycles. The van der Waals surface area contributed by atoms with E-state index in [0.717, 1.165) is 5.75 Å². The van der Waals surface area contributed by atoms with Crippen LogP contribution in [0, 0.1) is 6.92 Å². The Morgan fingerprint density at radius 1 is 1.40 bits per heavy atom. The van der Waals surface area contributed by atoms with Crippen molar-refractivity contribution in [1.82, 2.24) is 0 Å². The fourth-order valence-corrected chi connectivity index (χ4v) is 2.37. The van der Waals surface area contributed by atoms with Crippen LogP contribution in [0.3, 0.4) is 0 Å². The van der Waals surface area contributed by atoms with E-state index in [1.807, 2.05) is 6.07 Å². The molecular weight excluding hydrogens is 186 g/mol. The number of rotatable bonds is 3. The van der Waals surface area contributed by atoms with Crippen molar-refractivity contribution in [2.75, 3.05) is 7.11 Å². The van der Waals surface area contributed by atoms with Crippen LogP contribution in [-0.4, -0.2) is 13.2 Å². The van der Waals surface area contributed by atoms with Gasteiger partial charge >= 0.3 is 0 Å². The summed E-state index contributed by atoms with van der Waals surface area (Å²) in [5, 5.41) is 0. The van der Waals surface area contributed by atoms with Crippen molar-refractivity contribution in [1.29, 1.82) is 0 Å². The van der Waals surface area contributed by atoms with Gasteiger partial charge in [-0.2, -0.15) is 0 Å². The minimum atomic E-state index is 0.221. The van der Waals surface area contributed by atoms with E-state index in [1.54, 1.807) is 7.11 Å². The first-order valence-corrected chi connectivity index (χ1v) is 5.51. The van der Waals surface area contributed by atoms with E-state index < -0.39 is 0 Å². The average molecular weight is 205 g/mol. The molecule has 2 rings (SSSR count). The van der Waals surface area contributed by atoms with Crippen LogP contribution in [0.15, 0.2) is 18.2 Å². The van der Waals surface area contributed by atoms with E-state index in [4.69, 9.17) is 10.5 Å². The molecule has 1 aromatic carbocycles. The summed E-state index contributed by atoms with van der Waals surface area (Å²) in [5.41, 5.74) is 9.00. The van der Waals surface area contributed by atoms with Crippen LogP contribution < -0.4 is 10.5 Å². The lowest BCUT2D eigenvalue weighted by molar-refractivity contribution is 0.412. The first-order valence-electron chi connectivity index (χ1n) is 5.51. The van der Waals surface area contributed by atoms with Crippen LogP contribution in [0.25, 0.3) is 0 Å². The molecule has 1 aliphatic rings. The van der Waals surface area contributed by atoms with E-state index in [-0.39, 0.29) is 11.5 Å². The van der Waals surface area contributed by atoms with Crippen molar-refractivity contribution in [3.05, 3.63) is 29.3 Å². The molecule has 1 fully saturated rings. The molecule has 82 valence electrons. The highest BCUT2D eigenvalue weighted by Gasteiger charge is 2.48. The fraction of sp³-hybridized carbons (Fsp3) is 0.538. The summed E-state index contributed by atoms with van der Waals surface area (Å²) in [5.74, 6) is 0.933. The Kier molecular flexibility index (Phi) is 2.47. The first kappa shape index (κ1) is 10.5. The predicted molar refractivity (Wildman–Crippen MR) is 62.3 cm³/mol. The topological polar surface area (TPSA) is 35.2 Å². The smallest absolute Gasteiger partial charge is 0.119 e. The van der Waals surface area contributed by atoms with Crippen LogP contribution in [-0.2, 0) is 5.41 Å². The lowest BCUT2D eigenvalue weighted by Crippen LogP contribution is -2.32. The molecule has 1 unspecified atom stereocenters. The zero-order valence-corrected chi connectivity index (χ0v) is 9.71. The third kappa shape index (κ3) is 1.63. The number of nitrogens with two attached hydrogens (primary N) is 1. The van der Waals surface area contributed by atoms with Crippen molar-refractivity contribution in [3.8, 4) is 5.75 Å². The van der Waals surface area contributed by atoms with Crippen molar-refractivity contribution in [2.24, 2.45) is 5.73 Å². The van der Waals surface area contributed by atoms with Crippen molar-refractivity contribution < 1.29 is 4.74 Å². The Hall–Kier alpha value is -1.02. The SMILES string of the molecule is COc1ccc(C)c(C2(C(C)N)CC2)c1. The van der Waals surface area contributed by atoms with Gasteiger partial charge in [-0.1, -0.05) is 6.07 Å². The van der Waals surface area contributed by atoms with Gasteiger partial charge in [-0.05, 0) is 49.9 Å². The van der Waals surface area contributed by atoms with Crippen LogP contribution in [0.5, 0.6) is 5.75 Å². The summed E-state index contributed by atoms with van der Waals surface area (Å²) in [6.07, 6.45) is 2.41. The third-order valence-electron chi connectivity index (χ3n) is 3.64. The highest BCUT2D eigenvalue weighted by Crippen LogP contribution is 2.51. The second kappa shape index (κ2) is 3.53. The molecule has 0 bridgehead atoms. The van der Waals surface area contributed by atoms with E-state index in [0.29, 0.717) is 0 Å². The Morgan fingerprint density at radius 2 is 2.07 bits per heavy atom. The fourth-order valence-electron chi connectivity index (χ4n) is 2.37. The van der Waals surface area contributed by atoms with Gasteiger partial charge < -0.3 is 10.5 Å². The number of hydrogen-bond acceptors (Lipinski definition) is 2. The van der Waals surface area contributed by atoms with E-state index in [1.165, 1.54) is 24.0 Å². The highest BCUT2D eigenvalue weighted by atomic mass is 16.5. The van der Waals surface area contributed by atoms with Gasteiger partial charge in [0.1, 0.15) is 5.75 Å². The van der Waals surface area contributed by atoms with Crippen LogP contribution in [0.2, 0.25) is 0 Å². The lowest BCUT2D eigenvalue weighted by atomic mass is 9.86. The summed E-state index contributed by atoms with van der Waals surface area (Å²) in [6, 6.07) is 6.50. The molecule has 1 atom stereocenters. The summed E-state index contributed by atoms with van der Waals surface area (Å²) in [6.45, 7) is 4.25. The van der Waals surface area contributed by atoms with E-state index in [2.05, 4.69) is 26.0 Å². The van der Waals surface area contributed by atoms with Gasteiger partial charge in [0.15, 0.2) is 0 Å². The number of hydrogen-bond donors (Lipinski definition) is 1. The Bertz CT molecular complexity index is 367. The van der Waals surface area contributed by atoms with E-state index in [9.17, 15) is 0 Å². The van der Waals surface area contributed by atoms with Gasteiger partial charge in [0.25, 0.3) is 0 Å². The Labute approximate surface area is 91.4 Å². The number of benzene rings is 1. The maximum absolute atomic E-state index is 6.08. The third-order valence-corrected chi connectivity index (χ3v) is 3.64. The van der Waals surface area contributed by atoms with Gasteiger partial charge in [-0.3, -0.25) is 0 Å². The summed E-state index contributed by atoms with van der Waals surface area (Å²) >= 11 is 0. The normalized spacial score (nSPS) is 19.7. The zero-order chi connectivity index (χ0) is 11.1. The van der Waals surface area contributed by atoms with Crippen molar-refractivity contribution >= 4 is 0 Å². The number of methoxy groups -OCH3 is 1. The van der Waals surface area contributed by atoms with Crippen molar-refractivity contribution in [2.45, 2.75) is 38.1 Å². The van der Waals surface area contributed by atoms with Crippen LogP contribution >= 0.6 is 0 Å². The van der Waals surface area contributed by atoms with Gasteiger partial charge in [0, 0.05) is 11.5 Å².